The molecule has 1 aliphatic rings. The molecule has 0 bridgehead atoms. The second-order valence-corrected chi connectivity index (χ2v) is 7.02. The van der Waals surface area contributed by atoms with Crippen LogP contribution in [0.25, 0.3) is 21.1 Å². The highest BCUT2D eigenvalue weighted by molar-refractivity contribution is 7.19. The van der Waals surface area contributed by atoms with E-state index in [2.05, 4.69) is 45.4 Å². The number of thiazole rings is 1. The van der Waals surface area contributed by atoms with E-state index in [1.165, 1.54) is 29.7 Å². The number of piperidine rings is 1. The molecule has 0 aliphatic carbocycles. The SMILES string of the molecule is Cc1cc(-c2sc(-c3ccccc3)nc2N2CCCCC2)n[nH]1. The third-order valence-corrected chi connectivity index (χ3v) is 5.34. The molecule has 0 spiro atoms. The smallest absolute Gasteiger partial charge is 0.150 e. The molecule has 0 radical (unpaired) electrons. The fraction of sp³-hybridized carbons (Fsp3) is 0.333. The molecular weight excluding hydrogens is 304 g/mol. The summed E-state index contributed by atoms with van der Waals surface area (Å²) in [6.07, 6.45) is 3.82. The average molecular weight is 324 g/mol. The van der Waals surface area contributed by atoms with Gasteiger partial charge in [-0.2, -0.15) is 5.10 Å². The van der Waals surface area contributed by atoms with E-state index in [-0.39, 0.29) is 0 Å². The van der Waals surface area contributed by atoms with Gasteiger partial charge >= 0.3 is 0 Å². The van der Waals surface area contributed by atoms with E-state index < -0.39 is 0 Å². The van der Waals surface area contributed by atoms with Crippen molar-refractivity contribution in [1.82, 2.24) is 15.2 Å². The predicted octanol–water partition coefficient (Wildman–Crippen LogP) is 4.50. The minimum absolute atomic E-state index is 1.00. The van der Waals surface area contributed by atoms with Crippen molar-refractivity contribution in [2.75, 3.05) is 18.0 Å². The number of aryl methyl sites for hydroxylation is 1. The maximum atomic E-state index is 4.98. The molecule has 1 aromatic carbocycles. The lowest BCUT2D eigenvalue weighted by molar-refractivity contribution is 0.575. The van der Waals surface area contributed by atoms with Crippen molar-refractivity contribution in [3.63, 3.8) is 0 Å². The van der Waals surface area contributed by atoms with E-state index in [0.717, 1.165) is 35.3 Å². The first-order valence-electron chi connectivity index (χ1n) is 8.15. The largest absolute Gasteiger partial charge is 0.355 e. The fourth-order valence-electron chi connectivity index (χ4n) is 3.04. The molecule has 4 nitrogen and oxygen atoms in total. The highest BCUT2D eigenvalue weighted by atomic mass is 32.1. The van der Waals surface area contributed by atoms with Gasteiger partial charge in [-0.1, -0.05) is 30.3 Å². The van der Waals surface area contributed by atoms with Crippen LogP contribution in [-0.4, -0.2) is 28.3 Å². The van der Waals surface area contributed by atoms with Gasteiger partial charge in [0.05, 0.1) is 4.88 Å². The summed E-state index contributed by atoms with van der Waals surface area (Å²) < 4.78 is 0. The first kappa shape index (κ1) is 14.5. The number of H-pyrrole nitrogens is 1. The van der Waals surface area contributed by atoms with Crippen LogP contribution >= 0.6 is 11.3 Å². The number of aromatic amines is 1. The van der Waals surface area contributed by atoms with E-state index in [9.17, 15) is 0 Å². The summed E-state index contributed by atoms with van der Waals surface area (Å²) >= 11 is 1.74. The molecule has 1 saturated heterocycles. The van der Waals surface area contributed by atoms with E-state index in [0.29, 0.717) is 0 Å². The molecule has 4 rings (SSSR count). The number of rotatable bonds is 3. The quantitative estimate of drug-likeness (QED) is 0.771. The van der Waals surface area contributed by atoms with E-state index >= 15 is 0 Å². The van der Waals surface area contributed by atoms with E-state index in [4.69, 9.17) is 4.98 Å². The van der Waals surface area contributed by atoms with Gasteiger partial charge in [0.2, 0.25) is 0 Å². The number of nitrogens with one attached hydrogen (secondary N) is 1. The first-order valence-corrected chi connectivity index (χ1v) is 8.96. The topological polar surface area (TPSA) is 44.8 Å². The monoisotopic (exact) mass is 324 g/mol. The Balaban J connectivity index is 1.80. The highest BCUT2D eigenvalue weighted by Gasteiger charge is 2.22. The van der Waals surface area contributed by atoms with Crippen molar-refractivity contribution in [2.45, 2.75) is 26.2 Å². The van der Waals surface area contributed by atoms with Crippen molar-refractivity contribution in [1.29, 1.82) is 0 Å². The van der Waals surface area contributed by atoms with Crippen LogP contribution in [0.4, 0.5) is 5.82 Å². The van der Waals surface area contributed by atoms with E-state index in [1.54, 1.807) is 11.3 Å². The van der Waals surface area contributed by atoms with Crippen LogP contribution in [0.3, 0.4) is 0 Å². The van der Waals surface area contributed by atoms with E-state index in [1.807, 2.05) is 13.0 Å². The van der Waals surface area contributed by atoms with Crippen molar-refractivity contribution in [3.05, 3.63) is 42.1 Å². The van der Waals surface area contributed by atoms with Crippen LogP contribution in [0.15, 0.2) is 36.4 Å². The van der Waals surface area contributed by atoms with Gasteiger partial charge in [-0.25, -0.2) is 4.98 Å². The number of aromatic nitrogens is 3. The second kappa shape index (κ2) is 6.16. The lowest BCUT2D eigenvalue weighted by atomic mass is 10.1. The Morgan fingerprint density at radius 1 is 1.09 bits per heavy atom. The number of anilines is 1. The minimum Gasteiger partial charge on any atom is -0.355 e. The van der Waals surface area contributed by atoms with Crippen LogP contribution in [0, 0.1) is 6.92 Å². The van der Waals surface area contributed by atoms with Gasteiger partial charge in [0.25, 0.3) is 0 Å². The van der Waals surface area contributed by atoms with Gasteiger partial charge in [-0.05, 0) is 32.3 Å². The number of hydrogen-bond donors (Lipinski definition) is 1. The van der Waals surface area contributed by atoms with Crippen LogP contribution in [0.5, 0.6) is 0 Å². The fourth-order valence-corrected chi connectivity index (χ4v) is 4.09. The van der Waals surface area contributed by atoms with Crippen molar-refractivity contribution in [2.24, 2.45) is 0 Å². The summed E-state index contributed by atoms with van der Waals surface area (Å²) in [6, 6.07) is 12.5. The lowest BCUT2D eigenvalue weighted by Gasteiger charge is -2.27. The molecular formula is C18H20N4S. The van der Waals surface area contributed by atoms with Crippen LogP contribution < -0.4 is 4.90 Å². The molecule has 3 heterocycles. The summed E-state index contributed by atoms with van der Waals surface area (Å²) in [5, 5.41) is 8.60. The Labute approximate surface area is 140 Å². The minimum atomic E-state index is 1.00. The zero-order chi connectivity index (χ0) is 15.6. The first-order chi connectivity index (χ1) is 11.3. The molecule has 3 aromatic rings. The Morgan fingerprint density at radius 2 is 1.87 bits per heavy atom. The summed E-state index contributed by atoms with van der Waals surface area (Å²) in [7, 11) is 0. The Bertz CT molecular complexity index is 784. The Morgan fingerprint density at radius 3 is 2.57 bits per heavy atom. The lowest BCUT2D eigenvalue weighted by Crippen LogP contribution is -2.30. The third-order valence-electron chi connectivity index (χ3n) is 4.22. The number of benzene rings is 1. The van der Waals surface area contributed by atoms with Gasteiger partial charge in [-0.15, -0.1) is 11.3 Å². The molecule has 23 heavy (non-hydrogen) atoms. The standard InChI is InChI=1S/C18H20N4S/c1-13-12-15(21-20-13)16-17(22-10-6-3-7-11-22)19-18(23-16)14-8-4-2-5-9-14/h2,4-5,8-9,12H,3,6-7,10-11H2,1H3,(H,20,21). The molecule has 0 unspecified atom stereocenters. The van der Waals surface area contributed by atoms with Gasteiger partial charge in [0.1, 0.15) is 16.5 Å². The van der Waals surface area contributed by atoms with Crippen LogP contribution in [0.2, 0.25) is 0 Å². The summed E-state index contributed by atoms with van der Waals surface area (Å²) in [6.45, 7) is 4.22. The predicted molar refractivity (Wildman–Crippen MR) is 95.9 cm³/mol. The molecule has 5 heteroatoms. The molecule has 1 N–H and O–H groups in total. The molecule has 1 fully saturated rings. The van der Waals surface area contributed by atoms with Crippen molar-refractivity contribution >= 4 is 17.2 Å². The summed E-state index contributed by atoms with van der Waals surface area (Å²) in [5.74, 6) is 1.10. The zero-order valence-corrected chi connectivity index (χ0v) is 14.1. The normalized spacial score (nSPS) is 15.1. The highest BCUT2D eigenvalue weighted by Crippen LogP contribution is 2.40. The molecule has 118 valence electrons. The molecule has 2 aromatic heterocycles. The maximum absolute atomic E-state index is 4.98. The molecule has 0 saturated carbocycles. The number of hydrogen-bond acceptors (Lipinski definition) is 4. The van der Waals surface area contributed by atoms with Crippen LogP contribution in [-0.2, 0) is 0 Å². The van der Waals surface area contributed by atoms with Gasteiger partial charge in [0.15, 0.2) is 0 Å². The summed E-state index contributed by atoms with van der Waals surface area (Å²) in [5.41, 5.74) is 3.26. The Kier molecular flexibility index (Phi) is 3.87. The second-order valence-electron chi connectivity index (χ2n) is 6.02. The molecule has 0 amide bonds. The zero-order valence-electron chi connectivity index (χ0n) is 13.2. The molecule has 1 aliphatic heterocycles. The Hall–Kier alpha value is -2.14. The van der Waals surface area contributed by atoms with Crippen LogP contribution in [0.1, 0.15) is 25.0 Å². The summed E-state index contributed by atoms with van der Waals surface area (Å²) in [4.78, 5) is 8.58. The van der Waals surface area contributed by atoms with Crippen molar-refractivity contribution < 1.29 is 0 Å². The molecule has 0 atom stereocenters. The van der Waals surface area contributed by atoms with Gasteiger partial charge < -0.3 is 4.90 Å². The third kappa shape index (κ3) is 2.88. The van der Waals surface area contributed by atoms with Crippen molar-refractivity contribution in [3.8, 4) is 21.1 Å². The maximum Gasteiger partial charge on any atom is 0.150 e. The van der Waals surface area contributed by atoms with Gasteiger partial charge in [-0.3, -0.25) is 5.10 Å². The average Bonchev–Trinajstić information content (AvgIpc) is 3.23. The van der Waals surface area contributed by atoms with Gasteiger partial charge in [0, 0.05) is 24.3 Å². The number of nitrogens with zero attached hydrogens (tertiary/aromatic N) is 3.